The molecule has 0 saturated carbocycles. The summed E-state index contributed by atoms with van der Waals surface area (Å²) in [6.07, 6.45) is -1.76. The van der Waals surface area contributed by atoms with Crippen LogP contribution < -0.4 is 0 Å². The average molecular weight is 549 g/mol. The summed E-state index contributed by atoms with van der Waals surface area (Å²) in [4.78, 5) is 12.5. The van der Waals surface area contributed by atoms with E-state index in [0.717, 1.165) is 10.5 Å². The molecule has 1 amide bonds. The molecule has 2 fully saturated rings. The number of carbonyl (C=O) groups is 1. The van der Waals surface area contributed by atoms with Gasteiger partial charge in [0.25, 0.3) is 0 Å². The maximum Gasteiger partial charge on any atom is 0.471 e. The van der Waals surface area contributed by atoms with Crippen molar-refractivity contribution in [3.05, 3.63) is 29.8 Å². The lowest BCUT2D eigenvalue weighted by molar-refractivity contribution is -0.186. The van der Waals surface area contributed by atoms with Gasteiger partial charge in [0.05, 0.1) is 4.90 Å². The van der Waals surface area contributed by atoms with Gasteiger partial charge in [-0.3, -0.25) is 4.79 Å². The van der Waals surface area contributed by atoms with Crippen LogP contribution >= 0.6 is 0 Å². The molecule has 36 heavy (non-hydrogen) atoms. The first kappa shape index (κ1) is 29.1. The molecule has 11 heteroatoms. The fraction of sp³-hybridized carbons (Fsp3) is 0.720. The van der Waals surface area contributed by atoms with Crippen molar-refractivity contribution >= 4 is 24.2 Å². The van der Waals surface area contributed by atoms with E-state index in [0.29, 0.717) is 45.2 Å². The zero-order valence-corrected chi connectivity index (χ0v) is 23.7. The summed E-state index contributed by atoms with van der Waals surface area (Å²) in [6, 6.07) is 6.80. The van der Waals surface area contributed by atoms with Gasteiger partial charge in [-0.15, -0.1) is 0 Å². The minimum absolute atomic E-state index is 0.0811. The van der Waals surface area contributed by atoms with E-state index in [-0.39, 0.29) is 35.0 Å². The van der Waals surface area contributed by atoms with Crippen LogP contribution in [0, 0.1) is 5.92 Å². The van der Waals surface area contributed by atoms with E-state index in [4.69, 9.17) is 4.43 Å². The molecule has 2 heterocycles. The Morgan fingerprint density at radius 2 is 1.50 bits per heavy atom. The van der Waals surface area contributed by atoms with Crippen LogP contribution in [0.4, 0.5) is 13.2 Å². The first-order chi connectivity index (χ1) is 16.5. The minimum atomic E-state index is -4.83. The van der Waals surface area contributed by atoms with E-state index in [1.165, 1.54) is 4.31 Å². The van der Waals surface area contributed by atoms with E-state index >= 15 is 0 Å². The van der Waals surface area contributed by atoms with Crippen molar-refractivity contribution in [2.45, 2.75) is 88.2 Å². The Morgan fingerprint density at radius 3 is 1.97 bits per heavy atom. The van der Waals surface area contributed by atoms with Crippen LogP contribution in [0.15, 0.2) is 29.2 Å². The number of likely N-dealkylation sites (tertiary alicyclic amines) is 1. The number of hydrogen-bond acceptors (Lipinski definition) is 4. The fourth-order valence-corrected chi connectivity index (χ4v) is 7.48. The molecule has 2 aliphatic heterocycles. The number of sulfonamides is 1. The summed E-state index contributed by atoms with van der Waals surface area (Å²) in [5, 5.41) is 0.107. The van der Waals surface area contributed by atoms with Gasteiger partial charge in [0.2, 0.25) is 10.0 Å². The van der Waals surface area contributed by atoms with E-state index in [1.807, 2.05) is 0 Å². The maximum atomic E-state index is 13.2. The standard InChI is InChI=1S/C25H39F3N2O4SSi/c1-24(2,3)36(4,5)34-21-12-16-30(17-13-21)35(32,33)22-8-6-19(7-9-22)18-20-10-14-29(15-11-20)23(31)25(26,27)28/h6-9,20-21H,10-18H2,1-5H3. The third kappa shape index (κ3) is 6.90. The Hall–Kier alpha value is -1.43. The Balaban J connectivity index is 1.52. The van der Waals surface area contributed by atoms with Gasteiger partial charge in [0.15, 0.2) is 8.32 Å². The number of benzene rings is 1. The second kappa shape index (κ2) is 10.7. The van der Waals surface area contributed by atoms with Crippen molar-refractivity contribution in [2.24, 2.45) is 5.92 Å². The monoisotopic (exact) mass is 548 g/mol. The van der Waals surface area contributed by atoms with Crippen LogP contribution in [0.25, 0.3) is 0 Å². The van der Waals surface area contributed by atoms with Crippen molar-refractivity contribution in [3.63, 3.8) is 0 Å². The molecule has 1 aromatic carbocycles. The highest BCUT2D eigenvalue weighted by atomic mass is 32.2. The molecule has 0 aliphatic carbocycles. The van der Waals surface area contributed by atoms with Crippen molar-refractivity contribution in [3.8, 4) is 0 Å². The molecule has 0 N–H and O–H groups in total. The smallest absolute Gasteiger partial charge is 0.414 e. The molecule has 1 aromatic rings. The van der Waals surface area contributed by atoms with Gasteiger partial charge in [0.1, 0.15) is 0 Å². The molecule has 204 valence electrons. The fourth-order valence-electron chi connectivity index (χ4n) is 4.58. The molecule has 0 unspecified atom stereocenters. The summed E-state index contributed by atoms with van der Waals surface area (Å²) in [5.41, 5.74) is 0.941. The van der Waals surface area contributed by atoms with E-state index in [2.05, 4.69) is 33.9 Å². The predicted molar refractivity (Wildman–Crippen MR) is 136 cm³/mol. The molecule has 0 bridgehead atoms. The summed E-state index contributed by atoms with van der Waals surface area (Å²) in [6.45, 7) is 12.0. The lowest BCUT2D eigenvalue weighted by atomic mass is 9.90. The highest BCUT2D eigenvalue weighted by Crippen LogP contribution is 2.38. The van der Waals surface area contributed by atoms with Gasteiger partial charge < -0.3 is 9.33 Å². The van der Waals surface area contributed by atoms with E-state index in [9.17, 15) is 26.4 Å². The second-order valence-corrected chi connectivity index (χ2v) is 18.3. The Morgan fingerprint density at radius 1 is 0.972 bits per heavy atom. The summed E-state index contributed by atoms with van der Waals surface area (Å²) in [5.74, 6) is -1.62. The number of alkyl halides is 3. The molecule has 6 nitrogen and oxygen atoms in total. The number of hydrogen-bond donors (Lipinski definition) is 0. The van der Waals surface area contributed by atoms with Crippen LogP contribution in [0.1, 0.15) is 52.0 Å². The lowest BCUT2D eigenvalue weighted by Crippen LogP contribution is -2.48. The van der Waals surface area contributed by atoms with Gasteiger partial charge in [-0.1, -0.05) is 32.9 Å². The van der Waals surface area contributed by atoms with Crippen molar-refractivity contribution in [1.29, 1.82) is 0 Å². The molecule has 0 aromatic heterocycles. The molecule has 2 saturated heterocycles. The summed E-state index contributed by atoms with van der Waals surface area (Å²) >= 11 is 0. The largest absolute Gasteiger partial charge is 0.471 e. The van der Waals surface area contributed by atoms with E-state index < -0.39 is 30.4 Å². The number of nitrogens with zero attached hydrogens (tertiary/aromatic N) is 2. The third-order valence-electron chi connectivity index (χ3n) is 7.90. The van der Waals surface area contributed by atoms with Gasteiger partial charge >= 0.3 is 12.1 Å². The van der Waals surface area contributed by atoms with Gasteiger partial charge in [-0.2, -0.15) is 17.5 Å². The zero-order valence-electron chi connectivity index (χ0n) is 21.9. The SMILES string of the molecule is CC(C)(C)[Si](C)(C)OC1CCN(S(=O)(=O)c2ccc(CC3CCN(C(=O)C(F)(F)F)CC3)cc2)CC1. The number of rotatable bonds is 6. The van der Waals surface area contributed by atoms with Gasteiger partial charge in [-0.25, -0.2) is 8.42 Å². The minimum Gasteiger partial charge on any atom is -0.414 e. The van der Waals surface area contributed by atoms with E-state index in [1.54, 1.807) is 24.3 Å². The highest BCUT2D eigenvalue weighted by Gasteiger charge is 2.43. The van der Waals surface area contributed by atoms with Gasteiger partial charge in [-0.05, 0) is 73.9 Å². The number of carbonyl (C=O) groups excluding carboxylic acids is 1. The van der Waals surface area contributed by atoms with Crippen molar-refractivity contribution in [1.82, 2.24) is 9.21 Å². The molecular formula is C25H39F3N2O4SSi. The number of halogens is 3. The Labute approximate surface area is 214 Å². The van der Waals surface area contributed by atoms with Crippen molar-refractivity contribution in [2.75, 3.05) is 26.2 Å². The number of piperidine rings is 2. The zero-order chi connectivity index (χ0) is 26.9. The number of amides is 1. The molecular weight excluding hydrogens is 509 g/mol. The van der Waals surface area contributed by atoms with Crippen LogP contribution in [-0.4, -0.2) is 70.3 Å². The maximum absolute atomic E-state index is 13.2. The third-order valence-corrected chi connectivity index (χ3v) is 14.3. The average Bonchev–Trinajstić information content (AvgIpc) is 2.78. The lowest BCUT2D eigenvalue weighted by Gasteiger charge is -2.41. The summed E-state index contributed by atoms with van der Waals surface area (Å²) < 4.78 is 72.2. The molecule has 0 spiro atoms. The second-order valence-electron chi connectivity index (χ2n) is 11.6. The topological polar surface area (TPSA) is 66.9 Å². The molecule has 3 rings (SSSR count). The van der Waals surface area contributed by atoms with Crippen LogP contribution in [0.2, 0.25) is 18.1 Å². The molecule has 0 radical (unpaired) electrons. The Bertz CT molecular complexity index is 1010. The van der Waals surface area contributed by atoms with Crippen LogP contribution in [0.5, 0.6) is 0 Å². The quantitative estimate of drug-likeness (QED) is 0.458. The molecule has 2 aliphatic rings. The van der Waals surface area contributed by atoms with Gasteiger partial charge in [0, 0.05) is 32.3 Å². The first-order valence-electron chi connectivity index (χ1n) is 12.6. The normalized spacial score (nSPS) is 20.1. The predicted octanol–water partition coefficient (Wildman–Crippen LogP) is 5.20. The van der Waals surface area contributed by atoms with Crippen molar-refractivity contribution < 1.29 is 30.8 Å². The van der Waals surface area contributed by atoms with Crippen LogP contribution in [-0.2, 0) is 25.7 Å². The first-order valence-corrected chi connectivity index (χ1v) is 17.0. The molecule has 0 atom stereocenters. The Kier molecular flexibility index (Phi) is 8.69. The highest BCUT2D eigenvalue weighted by molar-refractivity contribution is 7.89. The van der Waals surface area contributed by atoms with Crippen LogP contribution in [0.3, 0.4) is 0 Å². The summed E-state index contributed by atoms with van der Waals surface area (Å²) in [7, 11) is -5.50.